The van der Waals surface area contributed by atoms with E-state index in [9.17, 15) is 0 Å². The van der Waals surface area contributed by atoms with E-state index in [1.54, 1.807) is 0 Å². The van der Waals surface area contributed by atoms with Gasteiger partial charge in [-0.15, -0.1) is 0 Å². The van der Waals surface area contributed by atoms with Crippen molar-refractivity contribution in [3.05, 3.63) is 41.5 Å². The molecule has 0 spiro atoms. The van der Waals surface area contributed by atoms with Gasteiger partial charge in [-0.05, 0) is 107 Å². The summed E-state index contributed by atoms with van der Waals surface area (Å²) in [7, 11) is 0. The van der Waals surface area contributed by atoms with E-state index >= 15 is 0 Å². The molecule has 6 heteroatoms. The molecule has 2 saturated heterocycles. The van der Waals surface area contributed by atoms with Crippen LogP contribution in [0.3, 0.4) is 0 Å². The maximum atomic E-state index is 4.96. The van der Waals surface area contributed by atoms with E-state index in [-0.39, 0.29) is 0 Å². The molecule has 0 radical (unpaired) electrons. The highest BCUT2D eigenvalue weighted by Gasteiger charge is 2.28. The first-order valence-corrected chi connectivity index (χ1v) is 12.3. The van der Waals surface area contributed by atoms with Crippen LogP contribution in [-0.4, -0.2) is 52.6 Å². The molecular formula is C25H34N6. The number of hydrogen-bond acceptors (Lipinski definition) is 6. The first-order valence-electron chi connectivity index (χ1n) is 12.3. The van der Waals surface area contributed by atoms with Crippen LogP contribution < -0.4 is 10.6 Å². The maximum absolute atomic E-state index is 4.96. The van der Waals surface area contributed by atoms with Crippen LogP contribution in [0.1, 0.15) is 67.3 Å². The lowest BCUT2D eigenvalue weighted by molar-refractivity contribution is 0.204. The molecule has 0 unspecified atom stereocenters. The van der Waals surface area contributed by atoms with Gasteiger partial charge in [0.25, 0.3) is 0 Å². The monoisotopic (exact) mass is 418 g/mol. The van der Waals surface area contributed by atoms with E-state index in [4.69, 9.17) is 4.98 Å². The molecule has 0 aromatic carbocycles. The molecule has 2 aromatic rings. The number of aromatic nitrogens is 3. The Hall–Kier alpha value is -2.05. The van der Waals surface area contributed by atoms with Crippen molar-refractivity contribution in [2.24, 2.45) is 11.8 Å². The topological polar surface area (TPSA) is 66.0 Å². The minimum Gasteiger partial charge on any atom is -0.324 e. The number of pyridine rings is 1. The van der Waals surface area contributed by atoms with E-state index < -0.39 is 0 Å². The van der Waals surface area contributed by atoms with E-state index in [1.807, 2.05) is 12.4 Å². The summed E-state index contributed by atoms with van der Waals surface area (Å²) in [4.78, 5) is 16.9. The molecule has 2 aliphatic heterocycles. The Bertz CT molecular complexity index is 893. The van der Waals surface area contributed by atoms with Crippen molar-refractivity contribution in [2.45, 2.75) is 56.8 Å². The number of nitrogens with one attached hydrogen (secondary N) is 2. The summed E-state index contributed by atoms with van der Waals surface area (Å²) in [5, 5.41) is 6.84. The Morgan fingerprint density at radius 2 is 1.71 bits per heavy atom. The van der Waals surface area contributed by atoms with E-state index in [0.29, 0.717) is 17.8 Å². The summed E-state index contributed by atoms with van der Waals surface area (Å²) in [5.41, 5.74) is 3.80. The van der Waals surface area contributed by atoms with Crippen LogP contribution in [0.5, 0.6) is 0 Å². The first kappa shape index (κ1) is 19.6. The minimum atomic E-state index is 0.636. The van der Waals surface area contributed by atoms with Crippen LogP contribution in [0, 0.1) is 11.8 Å². The third-order valence-electron chi connectivity index (χ3n) is 7.46. The maximum Gasteiger partial charge on any atom is 0.150 e. The molecule has 0 bridgehead atoms. The van der Waals surface area contributed by atoms with E-state index in [0.717, 1.165) is 42.8 Å². The smallest absolute Gasteiger partial charge is 0.150 e. The van der Waals surface area contributed by atoms with Gasteiger partial charge in [0.15, 0.2) is 0 Å². The van der Waals surface area contributed by atoms with Crippen LogP contribution in [-0.2, 0) is 6.42 Å². The summed E-state index contributed by atoms with van der Waals surface area (Å²) in [5.74, 6) is 4.70. The highest BCUT2D eigenvalue weighted by Crippen LogP contribution is 2.38. The van der Waals surface area contributed by atoms with Gasteiger partial charge >= 0.3 is 0 Å². The van der Waals surface area contributed by atoms with Crippen LogP contribution in [0.15, 0.2) is 24.5 Å². The summed E-state index contributed by atoms with van der Waals surface area (Å²) in [6.07, 6.45) is 12.8. The van der Waals surface area contributed by atoms with Gasteiger partial charge in [0, 0.05) is 18.2 Å². The average Bonchev–Trinajstić information content (AvgIpc) is 3.66. The van der Waals surface area contributed by atoms with Gasteiger partial charge in [-0.1, -0.05) is 0 Å². The lowest BCUT2D eigenvalue weighted by Gasteiger charge is -2.32. The zero-order valence-corrected chi connectivity index (χ0v) is 18.4. The molecule has 0 amide bonds. The molecule has 6 nitrogen and oxygen atoms in total. The number of rotatable bonds is 8. The molecule has 31 heavy (non-hydrogen) atoms. The predicted molar refractivity (Wildman–Crippen MR) is 123 cm³/mol. The molecule has 164 valence electrons. The third kappa shape index (κ3) is 4.90. The molecule has 2 aromatic heterocycles. The highest BCUT2D eigenvalue weighted by molar-refractivity contribution is 5.52. The molecule has 2 saturated carbocycles. The summed E-state index contributed by atoms with van der Waals surface area (Å²) < 4.78 is 0. The normalized spacial score (nSPS) is 23.0. The van der Waals surface area contributed by atoms with Crippen molar-refractivity contribution < 1.29 is 0 Å². The van der Waals surface area contributed by atoms with Crippen LogP contribution in [0.4, 0.5) is 11.6 Å². The van der Waals surface area contributed by atoms with Gasteiger partial charge < -0.3 is 15.5 Å². The first-order chi connectivity index (χ1) is 15.3. The van der Waals surface area contributed by atoms with Crippen molar-refractivity contribution in [3.8, 4) is 0 Å². The molecule has 0 atom stereocenters. The van der Waals surface area contributed by atoms with Gasteiger partial charge in [-0.3, -0.25) is 4.98 Å². The Kier molecular flexibility index (Phi) is 5.36. The minimum absolute atomic E-state index is 0.636. The van der Waals surface area contributed by atoms with Gasteiger partial charge in [0.05, 0.1) is 18.1 Å². The summed E-state index contributed by atoms with van der Waals surface area (Å²) >= 11 is 0. The standard InChI is InChI=1S/C25H34N6/c1-2-17(1)16-31-7-5-19(6-8-31)21-10-22(9-18-12-26-13-18)29-24(11-21)30-25-15-27-23(14-28-25)20-3-4-20/h10-11,14-15,17-20,26H,1-9,12-13,16H2,(H,28,29,30). The molecule has 4 fully saturated rings. The Balaban J connectivity index is 1.18. The van der Waals surface area contributed by atoms with Crippen molar-refractivity contribution in [3.63, 3.8) is 0 Å². The molecule has 4 heterocycles. The molecule has 6 rings (SSSR count). The number of hydrogen-bond donors (Lipinski definition) is 2. The second kappa shape index (κ2) is 8.47. The molecular weight excluding hydrogens is 384 g/mol. The van der Waals surface area contributed by atoms with Crippen LogP contribution in [0.25, 0.3) is 0 Å². The molecule has 4 aliphatic rings. The number of anilines is 2. The zero-order valence-electron chi connectivity index (χ0n) is 18.4. The van der Waals surface area contributed by atoms with Crippen molar-refractivity contribution in [1.29, 1.82) is 0 Å². The summed E-state index contributed by atoms with van der Waals surface area (Å²) in [6.45, 7) is 6.03. The van der Waals surface area contributed by atoms with Crippen LogP contribution >= 0.6 is 0 Å². The van der Waals surface area contributed by atoms with Crippen molar-refractivity contribution in [2.75, 3.05) is 38.0 Å². The Morgan fingerprint density at radius 1 is 0.871 bits per heavy atom. The van der Waals surface area contributed by atoms with E-state index in [1.165, 1.54) is 69.4 Å². The van der Waals surface area contributed by atoms with Crippen LogP contribution in [0.2, 0.25) is 0 Å². The quantitative estimate of drug-likeness (QED) is 0.679. The second-order valence-electron chi connectivity index (χ2n) is 10.2. The number of likely N-dealkylation sites (tertiary alicyclic amines) is 1. The van der Waals surface area contributed by atoms with Crippen molar-refractivity contribution >= 4 is 11.6 Å². The third-order valence-corrected chi connectivity index (χ3v) is 7.46. The summed E-state index contributed by atoms with van der Waals surface area (Å²) in [6, 6.07) is 4.65. The zero-order chi connectivity index (χ0) is 20.6. The molecule has 2 N–H and O–H groups in total. The second-order valence-corrected chi connectivity index (χ2v) is 10.2. The fraction of sp³-hybridized carbons (Fsp3) is 0.640. The largest absolute Gasteiger partial charge is 0.324 e. The Morgan fingerprint density at radius 3 is 2.35 bits per heavy atom. The van der Waals surface area contributed by atoms with Gasteiger partial charge in [-0.2, -0.15) is 0 Å². The van der Waals surface area contributed by atoms with Crippen molar-refractivity contribution in [1.82, 2.24) is 25.2 Å². The number of piperidine rings is 1. The SMILES string of the molecule is c1c(C2CCN(CC3CC3)CC2)cc(Nc2cnc(C3CC3)cn2)nc1CC1CNC1. The fourth-order valence-electron chi connectivity index (χ4n) is 5.04. The highest BCUT2D eigenvalue weighted by atomic mass is 15.1. The lowest BCUT2D eigenvalue weighted by Crippen LogP contribution is -2.43. The average molecular weight is 419 g/mol. The van der Waals surface area contributed by atoms with Gasteiger partial charge in [0.2, 0.25) is 0 Å². The lowest BCUT2D eigenvalue weighted by atomic mass is 9.88. The van der Waals surface area contributed by atoms with E-state index in [2.05, 4.69) is 37.6 Å². The number of nitrogens with zero attached hydrogens (tertiary/aromatic N) is 4. The fourth-order valence-corrected chi connectivity index (χ4v) is 5.04. The van der Waals surface area contributed by atoms with Gasteiger partial charge in [-0.25, -0.2) is 9.97 Å². The molecule has 2 aliphatic carbocycles. The Labute approximate surface area is 185 Å². The van der Waals surface area contributed by atoms with Gasteiger partial charge in [0.1, 0.15) is 11.6 Å². The predicted octanol–water partition coefficient (Wildman–Crippen LogP) is 3.84.